The minimum absolute atomic E-state index is 0.0209. The summed E-state index contributed by atoms with van der Waals surface area (Å²) in [7, 11) is 1.91. The second-order valence-corrected chi connectivity index (χ2v) is 4.67. The molecule has 90 valence electrons. The van der Waals surface area contributed by atoms with Gasteiger partial charge in [-0.15, -0.1) is 0 Å². The quantitative estimate of drug-likeness (QED) is 0.808. The summed E-state index contributed by atoms with van der Waals surface area (Å²) in [5, 5.41) is 7.85. The summed E-state index contributed by atoms with van der Waals surface area (Å²) in [5.74, 6) is 0.907. The maximum atomic E-state index is 6.07. The maximum absolute atomic E-state index is 6.07. The lowest BCUT2D eigenvalue weighted by Crippen LogP contribution is -2.36. The van der Waals surface area contributed by atoms with Crippen molar-refractivity contribution in [2.45, 2.75) is 32.2 Å². The third-order valence-corrected chi connectivity index (χ3v) is 3.13. The van der Waals surface area contributed by atoms with E-state index in [4.69, 9.17) is 10.5 Å². The Kier molecular flexibility index (Phi) is 2.80. The van der Waals surface area contributed by atoms with Gasteiger partial charge in [-0.1, -0.05) is 6.92 Å². The molecule has 0 aliphatic carbocycles. The van der Waals surface area contributed by atoms with Gasteiger partial charge in [-0.2, -0.15) is 5.10 Å². The van der Waals surface area contributed by atoms with Crippen LogP contribution in [0.15, 0.2) is 0 Å². The zero-order valence-corrected chi connectivity index (χ0v) is 10.2. The van der Waals surface area contributed by atoms with Gasteiger partial charge in [0.25, 0.3) is 0 Å². The lowest BCUT2D eigenvalue weighted by Gasteiger charge is -2.25. The first-order valence-corrected chi connectivity index (χ1v) is 5.73. The van der Waals surface area contributed by atoms with E-state index in [1.165, 1.54) is 0 Å². The van der Waals surface area contributed by atoms with Gasteiger partial charge in [0, 0.05) is 13.7 Å². The monoisotopic (exact) mass is 224 g/mol. The molecule has 1 fully saturated rings. The van der Waals surface area contributed by atoms with Crippen LogP contribution in [0.1, 0.15) is 26.0 Å². The van der Waals surface area contributed by atoms with E-state index < -0.39 is 0 Å². The molecule has 2 rings (SSSR count). The van der Waals surface area contributed by atoms with Gasteiger partial charge in [0.15, 0.2) is 0 Å². The number of aromatic nitrogens is 2. The van der Waals surface area contributed by atoms with E-state index in [0.29, 0.717) is 0 Å². The number of rotatable bonds is 3. The number of hydrogen-bond acceptors (Lipinski definition) is 4. The second kappa shape index (κ2) is 3.97. The molecule has 2 heterocycles. The fraction of sp³-hybridized carbons (Fsp3) is 0.727. The first-order chi connectivity index (χ1) is 7.56. The van der Waals surface area contributed by atoms with Gasteiger partial charge in [0.05, 0.1) is 23.5 Å². The number of ether oxygens (including phenoxy) is 1. The molecule has 1 atom stereocenters. The van der Waals surface area contributed by atoms with Crippen LogP contribution in [-0.4, -0.2) is 28.5 Å². The Morgan fingerprint density at radius 3 is 2.88 bits per heavy atom. The lowest BCUT2D eigenvalue weighted by molar-refractivity contribution is 0.185. The van der Waals surface area contributed by atoms with Crippen LogP contribution in [0, 0.1) is 0 Å². The fourth-order valence-corrected chi connectivity index (χ4v) is 2.06. The van der Waals surface area contributed by atoms with E-state index in [1.807, 2.05) is 11.7 Å². The van der Waals surface area contributed by atoms with Crippen molar-refractivity contribution in [1.29, 1.82) is 0 Å². The van der Waals surface area contributed by atoms with E-state index in [0.717, 1.165) is 43.3 Å². The minimum Gasteiger partial charge on any atom is -0.394 e. The summed E-state index contributed by atoms with van der Waals surface area (Å²) in [6, 6.07) is 0. The molecule has 1 aliphatic rings. The smallest absolute Gasteiger partial charge is 0.148 e. The molecule has 0 aromatic carbocycles. The SMILES string of the molecule is CCc1nn(C)c(NC2(C)CCOC2)c1N. The Morgan fingerprint density at radius 2 is 2.38 bits per heavy atom. The number of aryl methyl sites for hydroxylation is 2. The van der Waals surface area contributed by atoms with Crippen molar-refractivity contribution < 1.29 is 4.74 Å². The van der Waals surface area contributed by atoms with Crippen molar-refractivity contribution in [2.24, 2.45) is 7.05 Å². The van der Waals surface area contributed by atoms with Gasteiger partial charge in [-0.3, -0.25) is 4.68 Å². The fourth-order valence-electron chi connectivity index (χ4n) is 2.06. The molecule has 3 N–H and O–H groups in total. The third kappa shape index (κ3) is 1.87. The van der Waals surface area contributed by atoms with Crippen LogP contribution in [0.4, 0.5) is 11.5 Å². The van der Waals surface area contributed by atoms with Crippen molar-refractivity contribution in [3.05, 3.63) is 5.69 Å². The van der Waals surface area contributed by atoms with Gasteiger partial charge in [-0.05, 0) is 19.8 Å². The molecule has 0 amide bonds. The molecule has 1 aliphatic heterocycles. The van der Waals surface area contributed by atoms with Gasteiger partial charge >= 0.3 is 0 Å². The summed E-state index contributed by atoms with van der Waals surface area (Å²) in [5.41, 5.74) is 7.76. The zero-order valence-electron chi connectivity index (χ0n) is 10.2. The molecule has 1 aromatic rings. The summed E-state index contributed by atoms with van der Waals surface area (Å²) in [4.78, 5) is 0. The first-order valence-electron chi connectivity index (χ1n) is 5.73. The molecule has 0 spiro atoms. The Labute approximate surface area is 96.0 Å². The van der Waals surface area contributed by atoms with Crippen LogP contribution in [0.5, 0.6) is 0 Å². The molecule has 1 aromatic heterocycles. The van der Waals surface area contributed by atoms with Gasteiger partial charge in [0.2, 0.25) is 0 Å². The predicted molar refractivity (Wildman–Crippen MR) is 64.5 cm³/mol. The highest BCUT2D eigenvalue weighted by Gasteiger charge is 2.31. The van der Waals surface area contributed by atoms with Crippen molar-refractivity contribution in [1.82, 2.24) is 9.78 Å². The molecule has 0 radical (unpaired) electrons. The average Bonchev–Trinajstić information content (AvgIpc) is 2.78. The summed E-state index contributed by atoms with van der Waals surface area (Å²) in [6.45, 7) is 5.74. The lowest BCUT2D eigenvalue weighted by atomic mass is 10.0. The highest BCUT2D eigenvalue weighted by molar-refractivity contribution is 5.66. The standard InChI is InChI=1S/C11H20N4O/c1-4-8-9(12)10(15(3)14-8)13-11(2)5-6-16-7-11/h13H,4-7,12H2,1-3H3. The number of anilines is 2. The molecule has 5 nitrogen and oxygen atoms in total. The molecule has 1 saturated heterocycles. The van der Waals surface area contributed by atoms with E-state index in [1.54, 1.807) is 0 Å². The summed E-state index contributed by atoms with van der Waals surface area (Å²) >= 11 is 0. The number of nitrogens with two attached hydrogens (primary N) is 1. The Bertz CT molecular complexity index is 380. The highest BCUT2D eigenvalue weighted by Crippen LogP contribution is 2.29. The van der Waals surface area contributed by atoms with E-state index in [-0.39, 0.29) is 5.54 Å². The van der Waals surface area contributed by atoms with Gasteiger partial charge < -0.3 is 15.8 Å². The number of nitrogen functional groups attached to an aromatic ring is 1. The molecule has 0 bridgehead atoms. The predicted octanol–water partition coefficient (Wildman–Crippen LogP) is 1.16. The highest BCUT2D eigenvalue weighted by atomic mass is 16.5. The van der Waals surface area contributed by atoms with Crippen LogP contribution in [0.2, 0.25) is 0 Å². The molecule has 1 unspecified atom stereocenters. The van der Waals surface area contributed by atoms with Crippen molar-refractivity contribution in [2.75, 3.05) is 24.3 Å². The molecule has 5 heteroatoms. The van der Waals surface area contributed by atoms with Gasteiger partial charge in [-0.25, -0.2) is 0 Å². The molecular formula is C11H20N4O. The number of nitrogens with zero attached hydrogens (tertiary/aromatic N) is 2. The topological polar surface area (TPSA) is 65.1 Å². The molecular weight excluding hydrogens is 204 g/mol. The van der Waals surface area contributed by atoms with E-state index in [9.17, 15) is 0 Å². The van der Waals surface area contributed by atoms with Crippen LogP contribution in [0.25, 0.3) is 0 Å². The Hall–Kier alpha value is -1.23. The molecule has 0 saturated carbocycles. The van der Waals surface area contributed by atoms with Crippen LogP contribution >= 0.6 is 0 Å². The van der Waals surface area contributed by atoms with Crippen LogP contribution in [-0.2, 0) is 18.2 Å². The number of nitrogens with one attached hydrogen (secondary N) is 1. The summed E-state index contributed by atoms with van der Waals surface area (Å²) < 4.78 is 7.23. The first kappa shape index (κ1) is 11.3. The maximum Gasteiger partial charge on any atom is 0.148 e. The third-order valence-electron chi connectivity index (χ3n) is 3.13. The average molecular weight is 224 g/mol. The van der Waals surface area contributed by atoms with Gasteiger partial charge in [0.1, 0.15) is 5.82 Å². The Balaban J connectivity index is 2.23. The number of hydrogen-bond donors (Lipinski definition) is 2. The minimum atomic E-state index is -0.0209. The van der Waals surface area contributed by atoms with Crippen LogP contribution < -0.4 is 11.1 Å². The normalized spacial score (nSPS) is 24.9. The Morgan fingerprint density at radius 1 is 1.62 bits per heavy atom. The van der Waals surface area contributed by atoms with Crippen molar-refractivity contribution in [3.63, 3.8) is 0 Å². The van der Waals surface area contributed by atoms with Crippen molar-refractivity contribution >= 4 is 11.5 Å². The largest absolute Gasteiger partial charge is 0.394 e. The zero-order chi connectivity index (χ0) is 11.8. The summed E-state index contributed by atoms with van der Waals surface area (Å²) in [6.07, 6.45) is 1.85. The molecule has 16 heavy (non-hydrogen) atoms. The van der Waals surface area contributed by atoms with E-state index >= 15 is 0 Å². The van der Waals surface area contributed by atoms with Crippen molar-refractivity contribution in [3.8, 4) is 0 Å². The van der Waals surface area contributed by atoms with Crippen LogP contribution in [0.3, 0.4) is 0 Å². The second-order valence-electron chi connectivity index (χ2n) is 4.67. The van der Waals surface area contributed by atoms with E-state index in [2.05, 4.69) is 24.3 Å².